The lowest BCUT2D eigenvalue weighted by atomic mass is 10.2. The highest BCUT2D eigenvalue weighted by Crippen LogP contribution is 2.13. The summed E-state index contributed by atoms with van der Waals surface area (Å²) in [4.78, 5) is 0. The van der Waals surface area contributed by atoms with E-state index in [2.05, 4.69) is 29.1 Å². The fourth-order valence-electron chi connectivity index (χ4n) is 1.05. The normalized spacial score (nSPS) is 12.8. The molecule has 0 fully saturated rings. The van der Waals surface area contributed by atoms with Crippen LogP contribution in [0.3, 0.4) is 0 Å². The van der Waals surface area contributed by atoms with Crippen LogP contribution in [0.2, 0.25) is 0 Å². The molecule has 1 aromatic rings. The Morgan fingerprint density at radius 1 is 1.67 bits per heavy atom. The van der Waals surface area contributed by atoms with Crippen LogP contribution in [-0.4, -0.2) is 19.8 Å². The van der Waals surface area contributed by atoms with Crippen molar-refractivity contribution in [1.29, 1.82) is 0 Å². The molecule has 1 N–H and O–H groups in total. The minimum Gasteiger partial charge on any atom is -0.383 e. The van der Waals surface area contributed by atoms with Crippen molar-refractivity contribution in [1.82, 2.24) is 0 Å². The van der Waals surface area contributed by atoms with Crippen LogP contribution in [-0.2, 0) is 4.74 Å². The number of nitrogens with one attached hydrogen (secondary N) is 1. The van der Waals surface area contributed by atoms with Gasteiger partial charge in [-0.2, -0.15) is 11.3 Å². The lowest BCUT2D eigenvalue weighted by molar-refractivity contribution is 0.184. The summed E-state index contributed by atoms with van der Waals surface area (Å²) in [5.74, 6) is 0. The maximum absolute atomic E-state index is 5.08. The number of hydrogen-bond acceptors (Lipinski definition) is 3. The Kier molecular flexibility index (Phi) is 4.11. The van der Waals surface area contributed by atoms with Gasteiger partial charge in [-0.15, -0.1) is 0 Å². The summed E-state index contributed by atoms with van der Waals surface area (Å²) in [7, 11) is 1.73. The molecule has 0 amide bonds. The fraction of sp³-hybridized carbons (Fsp3) is 0.556. The topological polar surface area (TPSA) is 21.3 Å². The Balaban J connectivity index is 2.37. The molecule has 0 aliphatic carbocycles. The number of rotatable bonds is 5. The zero-order valence-corrected chi connectivity index (χ0v) is 8.36. The molecule has 1 atom stereocenters. The van der Waals surface area contributed by atoms with Crippen molar-refractivity contribution >= 4 is 17.0 Å². The van der Waals surface area contributed by atoms with Crippen LogP contribution in [0.1, 0.15) is 13.3 Å². The Bertz CT molecular complexity index is 198. The Morgan fingerprint density at radius 2 is 2.50 bits per heavy atom. The standard InChI is InChI=1S/C9H15NOS/c1-3-8(6-11-2)10-9-4-5-12-7-9/h4-5,7-8,10H,3,6H2,1-2H3. The van der Waals surface area contributed by atoms with Gasteiger partial charge in [0.15, 0.2) is 0 Å². The summed E-state index contributed by atoms with van der Waals surface area (Å²) >= 11 is 1.71. The third-order valence-electron chi connectivity index (χ3n) is 1.75. The van der Waals surface area contributed by atoms with Gasteiger partial charge in [-0.3, -0.25) is 0 Å². The molecule has 0 radical (unpaired) electrons. The molecular weight excluding hydrogens is 170 g/mol. The van der Waals surface area contributed by atoms with Crippen LogP contribution >= 0.6 is 11.3 Å². The van der Waals surface area contributed by atoms with E-state index < -0.39 is 0 Å². The van der Waals surface area contributed by atoms with Gasteiger partial charge in [-0.05, 0) is 17.9 Å². The van der Waals surface area contributed by atoms with Crippen molar-refractivity contribution in [2.24, 2.45) is 0 Å². The smallest absolute Gasteiger partial charge is 0.0663 e. The van der Waals surface area contributed by atoms with Crippen LogP contribution in [0.15, 0.2) is 16.8 Å². The maximum atomic E-state index is 5.08. The van der Waals surface area contributed by atoms with Gasteiger partial charge in [-0.1, -0.05) is 6.92 Å². The highest BCUT2D eigenvalue weighted by atomic mass is 32.1. The number of ether oxygens (including phenoxy) is 1. The first kappa shape index (κ1) is 9.55. The first-order chi connectivity index (χ1) is 5.86. The Labute approximate surface area is 77.6 Å². The van der Waals surface area contributed by atoms with E-state index in [0.29, 0.717) is 6.04 Å². The monoisotopic (exact) mass is 185 g/mol. The van der Waals surface area contributed by atoms with Crippen LogP contribution in [0.5, 0.6) is 0 Å². The second-order valence-corrected chi connectivity index (χ2v) is 3.50. The van der Waals surface area contributed by atoms with Gasteiger partial charge in [0.05, 0.1) is 6.61 Å². The summed E-state index contributed by atoms with van der Waals surface area (Å²) < 4.78 is 5.08. The van der Waals surface area contributed by atoms with Crippen molar-refractivity contribution in [2.45, 2.75) is 19.4 Å². The molecular formula is C9H15NOS. The minimum atomic E-state index is 0.435. The Morgan fingerprint density at radius 3 is 3.00 bits per heavy atom. The van der Waals surface area contributed by atoms with Crippen LogP contribution in [0.25, 0.3) is 0 Å². The fourth-order valence-corrected chi connectivity index (χ4v) is 1.64. The van der Waals surface area contributed by atoms with Crippen molar-refractivity contribution in [3.05, 3.63) is 16.8 Å². The van der Waals surface area contributed by atoms with Crippen molar-refractivity contribution in [3.63, 3.8) is 0 Å². The molecule has 1 unspecified atom stereocenters. The molecule has 1 rings (SSSR count). The van der Waals surface area contributed by atoms with Gasteiger partial charge in [0.2, 0.25) is 0 Å². The zero-order valence-electron chi connectivity index (χ0n) is 7.54. The van der Waals surface area contributed by atoms with Crippen molar-refractivity contribution in [2.75, 3.05) is 19.0 Å². The van der Waals surface area contributed by atoms with E-state index in [1.54, 1.807) is 18.4 Å². The van der Waals surface area contributed by atoms with E-state index in [0.717, 1.165) is 13.0 Å². The van der Waals surface area contributed by atoms with Crippen LogP contribution < -0.4 is 5.32 Å². The molecule has 2 nitrogen and oxygen atoms in total. The minimum absolute atomic E-state index is 0.435. The summed E-state index contributed by atoms with van der Waals surface area (Å²) in [6, 6.07) is 2.52. The average molecular weight is 185 g/mol. The van der Waals surface area contributed by atoms with Crippen molar-refractivity contribution < 1.29 is 4.74 Å². The van der Waals surface area contributed by atoms with Gasteiger partial charge in [0.25, 0.3) is 0 Å². The maximum Gasteiger partial charge on any atom is 0.0663 e. The lowest BCUT2D eigenvalue weighted by Crippen LogP contribution is -2.23. The molecule has 0 bridgehead atoms. The first-order valence-electron chi connectivity index (χ1n) is 4.14. The summed E-state index contributed by atoms with van der Waals surface area (Å²) in [5.41, 5.74) is 1.20. The molecule has 1 aromatic heterocycles. The van der Waals surface area contributed by atoms with Crippen LogP contribution in [0.4, 0.5) is 5.69 Å². The number of thiophene rings is 1. The Hall–Kier alpha value is -0.540. The molecule has 0 aliphatic rings. The molecule has 3 heteroatoms. The van der Waals surface area contributed by atoms with E-state index in [1.165, 1.54) is 5.69 Å². The van der Waals surface area contributed by atoms with Gasteiger partial charge in [0, 0.05) is 24.2 Å². The van der Waals surface area contributed by atoms with Gasteiger partial charge in [-0.25, -0.2) is 0 Å². The number of anilines is 1. The summed E-state index contributed by atoms with van der Waals surface area (Å²) in [6.07, 6.45) is 1.09. The first-order valence-corrected chi connectivity index (χ1v) is 5.08. The predicted molar refractivity (Wildman–Crippen MR) is 53.9 cm³/mol. The van der Waals surface area contributed by atoms with E-state index in [9.17, 15) is 0 Å². The quantitative estimate of drug-likeness (QED) is 0.761. The van der Waals surface area contributed by atoms with Crippen molar-refractivity contribution in [3.8, 4) is 0 Å². The van der Waals surface area contributed by atoms with E-state index >= 15 is 0 Å². The third kappa shape index (κ3) is 2.83. The highest BCUT2D eigenvalue weighted by molar-refractivity contribution is 7.08. The molecule has 1 heterocycles. The second-order valence-electron chi connectivity index (χ2n) is 2.72. The molecule has 68 valence electrons. The van der Waals surface area contributed by atoms with E-state index in [-0.39, 0.29) is 0 Å². The zero-order chi connectivity index (χ0) is 8.81. The molecule has 0 spiro atoms. The van der Waals surface area contributed by atoms with Crippen LogP contribution in [0, 0.1) is 0 Å². The lowest BCUT2D eigenvalue weighted by Gasteiger charge is -2.15. The molecule has 0 aliphatic heterocycles. The van der Waals surface area contributed by atoms with E-state index in [4.69, 9.17) is 4.74 Å². The third-order valence-corrected chi connectivity index (χ3v) is 2.44. The molecule has 12 heavy (non-hydrogen) atoms. The molecule has 0 saturated carbocycles. The largest absolute Gasteiger partial charge is 0.383 e. The molecule has 0 aromatic carbocycles. The average Bonchev–Trinajstić information content (AvgIpc) is 2.56. The predicted octanol–water partition coefficient (Wildman–Crippen LogP) is 2.59. The highest BCUT2D eigenvalue weighted by Gasteiger charge is 2.04. The van der Waals surface area contributed by atoms with Gasteiger partial charge >= 0.3 is 0 Å². The summed E-state index contributed by atoms with van der Waals surface area (Å²) in [6.45, 7) is 2.93. The summed E-state index contributed by atoms with van der Waals surface area (Å²) in [5, 5.41) is 7.58. The van der Waals surface area contributed by atoms with Gasteiger partial charge in [0.1, 0.15) is 0 Å². The second kappa shape index (κ2) is 5.17. The van der Waals surface area contributed by atoms with E-state index in [1.807, 2.05) is 0 Å². The SMILES string of the molecule is CCC(COC)Nc1ccsc1. The molecule has 0 saturated heterocycles. The number of methoxy groups -OCH3 is 1. The number of hydrogen-bond donors (Lipinski definition) is 1. The van der Waals surface area contributed by atoms with Gasteiger partial charge < -0.3 is 10.1 Å².